The summed E-state index contributed by atoms with van der Waals surface area (Å²) in [6.07, 6.45) is 0. The van der Waals surface area contributed by atoms with Crippen LogP contribution in [0.5, 0.6) is 0 Å². The van der Waals surface area contributed by atoms with Crippen LogP contribution < -0.4 is 5.32 Å². The van der Waals surface area contributed by atoms with Gasteiger partial charge in [-0.25, -0.2) is 4.39 Å². The van der Waals surface area contributed by atoms with Gasteiger partial charge in [0.15, 0.2) is 0 Å². The van der Waals surface area contributed by atoms with Gasteiger partial charge in [0, 0.05) is 21.6 Å². The Balaban J connectivity index is 1.48. The van der Waals surface area contributed by atoms with E-state index in [4.69, 9.17) is 11.6 Å². The summed E-state index contributed by atoms with van der Waals surface area (Å²) in [7, 11) is 0. The van der Waals surface area contributed by atoms with E-state index in [0.717, 1.165) is 11.1 Å². The van der Waals surface area contributed by atoms with E-state index in [-0.39, 0.29) is 17.0 Å². The van der Waals surface area contributed by atoms with Gasteiger partial charge in [-0.3, -0.25) is 9.59 Å². The third-order valence-electron chi connectivity index (χ3n) is 4.87. The van der Waals surface area contributed by atoms with Crippen LogP contribution in [0.15, 0.2) is 71.2 Å². The predicted molar refractivity (Wildman–Crippen MR) is 126 cm³/mol. The molecule has 3 aromatic carbocycles. The summed E-state index contributed by atoms with van der Waals surface area (Å²) in [6.45, 7) is 0.485. The Kier molecular flexibility index (Phi) is 6.65. The molecule has 2 amide bonds. The number of rotatable bonds is 5. The van der Waals surface area contributed by atoms with E-state index in [1.165, 1.54) is 12.1 Å². The summed E-state index contributed by atoms with van der Waals surface area (Å²) in [5.41, 5.74) is 2.45. The second-order valence-corrected chi connectivity index (χ2v) is 9.43. The van der Waals surface area contributed by atoms with Crippen molar-refractivity contribution >= 4 is 56.8 Å². The predicted octanol–water partition coefficient (Wildman–Crippen LogP) is 6.27. The van der Waals surface area contributed by atoms with Crippen molar-refractivity contribution in [2.24, 2.45) is 0 Å². The largest absolute Gasteiger partial charge is 0.322 e. The third-order valence-corrected chi connectivity index (χ3v) is 6.87. The van der Waals surface area contributed by atoms with Crippen molar-refractivity contribution < 1.29 is 14.0 Å². The van der Waals surface area contributed by atoms with Gasteiger partial charge in [-0.1, -0.05) is 51.8 Å². The van der Waals surface area contributed by atoms with Crippen molar-refractivity contribution in [3.8, 4) is 0 Å². The van der Waals surface area contributed by atoms with E-state index in [1.807, 2.05) is 29.2 Å². The Morgan fingerprint density at radius 1 is 1.13 bits per heavy atom. The highest BCUT2D eigenvalue weighted by Gasteiger charge is 2.32. The first-order valence-corrected chi connectivity index (χ1v) is 11.6. The Labute approximate surface area is 196 Å². The molecule has 0 saturated carbocycles. The van der Waals surface area contributed by atoms with Gasteiger partial charge in [0.05, 0.1) is 11.4 Å². The second-order valence-electron chi connectivity index (χ2n) is 7.01. The van der Waals surface area contributed by atoms with E-state index >= 15 is 0 Å². The van der Waals surface area contributed by atoms with Crippen molar-refractivity contribution in [2.45, 2.75) is 11.9 Å². The zero-order valence-corrected chi connectivity index (χ0v) is 19.3. The molecule has 0 radical (unpaired) electrons. The second kappa shape index (κ2) is 9.42. The first-order valence-electron chi connectivity index (χ1n) is 9.42. The summed E-state index contributed by atoms with van der Waals surface area (Å²) in [5, 5.41) is 3.10. The summed E-state index contributed by atoms with van der Waals surface area (Å²) < 4.78 is 14.6. The van der Waals surface area contributed by atoms with Gasteiger partial charge in [0.1, 0.15) is 11.2 Å². The lowest BCUT2D eigenvalue weighted by atomic mass is 10.1. The number of carbonyl (C=O) groups excluding carboxylic acids is 2. The molecule has 1 aliphatic rings. The number of hydrogen-bond donors (Lipinski definition) is 1. The molecule has 31 heavy (non-hydrogen) atoms. The smallest absolute Gasteiger partial charge is 0.255 e. The number of carbonyl (C=O) groups is 2. The van der Waals surface area contributed by atoms with Gasteiger partial charge < -0.3 is 10.2 Å². The van der Waals surface area contributed by atoms with E-state index in [1.54, 1.807) is 42.1 Å². The van der Waals surface area contributed by atoms with Gasteiger partial charge in [-0.2, -0.15) is 0 Å². The molecule has 1 N–H and O–H groups in total. The molecule has 4 rings (SSSR count). The van der Waals surface area contributed by atoms with Gasteiger partial charge in [-0.15, -0.1) is 11.8 Å². The Morgan fingerprint density at radius 3 is 2.52 bits per heavy atom. The quantitative estimate of drug-likeness (QED) is 0.432. The van der Waals surface area contributed by atoms with E-state index in [9.17, 15) is 14.0 Å². The van der Waals surface area contributed by atoms with E-state index < -0.39 is 11.7 Å². The summed E-state index contributed by atoms with van der Waals surface area (Å²) in [5.74, 6) is -0.444. The molecular formula is C23H17BrClFN2O2S. The van der Waals surface area contributed by atoms with Crippen molar-refractivity contribution in [1.29, 1.82) is 0 Å². The highest BCUT2D eigenvalue weighted by Crippen LogP contribution is 2.39. The topological polar surface area (TPSA) is 49.4 Å². The van der Waals surface area contributed by atoms with Crippen molar-refractivity contribution in [1.82, 2.24) is 4.90 Å². The maximum atomic E-state index is 14.0. The van der Waals surface area contributed by atoms with Crippen LogP contribution in [0, 0.1) is 5.82 Å². The van der Waals surface area contributed by atoms with Crippen LogP contribution in [0.4, 0.5) is 10.1 Å². The Morgan fingerprint density at radius 2 is 1.84 bits per heavy atom. The molecule has 0 spiro atoms. The summed E-state index contributed by atoms with van der Waals surface area (Å²) in [4.78, 5) is 26.8. The van der Waals surface area contributed by atoms with Crippen LogP contribution in [0.25, 0.3) is 0 Å². The van der Waals surface area contributed by atoms with Crippen molar-refractivity contribution in [3.63, 3.8) is 0 Å². The number of thioether (sulfide) groups is 1. The molecule has 0 aliphatic carbocycles. The third kappa shape index (κ3) is 5.11. The fourth-order valence-electron chi connectivity index (χ4n) is 3.27. The number of hydrogen-bond acceptors (Lipinski definition) is 3. The molecule has 1 saturated heterocycles. The number of amides is 2. The zero-order chi connectivity index (χ0) is 22.0. The minimum Gasteiger partial charge on any atom is -0.322 e. The SMILES string of the molecule is O=C(Nc1ccc(Br)cc1F)c1ccc([C@H]2SCC(=O)N2Cc2ccc(Cl)cc2)cc1. The number of nitrogens with one attached hydrogen (secondary N) is 1. The Hall–Kier alpha value is -2.35. The molecule has 8 heteroatoms. The first-order chi connectivity index (χ1) is 14.9. The normalized spacial score (nSPS) is 15.9. The molecule has 4 nitrogen and oxygen atoms in total. The lowest BCUT2D eigenvalue weighted by molar-refractivity contribution is -0.128. The van der Waals surface area contributed by atoms with Gasteiger partial charge in [0.25, 0.3) is 5.91 Å². The van der Waals surface area contributed by atoms with Gasteiger partial charge >= 0.3 is 0 Å². The molecule has 1 heterocycles. The van der Waals surface area contributed by atoms with E-state index in [2.05, 4.69) is 21.2 Å². The maximum Gasteiger partial charge on any atom is 0.255 e. The van der Waals surface area contributed by atoms with Gasteiger partial charge in [-0.05, 0) is 53.6 Å². The molecular weight excluding hydrogens is 503 g/mol. The molecule has 158 valence electrons. The average molecular weight is 520 g/mol. The molecule has 1 atom stereocenters. The lowest BCUT2D eigenvalue weighted by Gasteiger charge is -2.24. The molecule has 0 unspecified atom stereocenters. The maximum absolute atomic E-state index is 14.0. The van der Waals surface area contributed by atoms with Crippen molar-refractivity contribution in [3.05, 3.63) is 98.7 Å². The highest BCUT2D eigenvalue weighted by atomic mass is 79.9. The minimum atomic E-state index is -0.516. The number of halogens is 3. The fraction of sp³-hybridized carbons (Fsp3) is 0.130. The zero-order valence-electron chi connectivity index (χ0n) is 16.1. The average Bonchev–Trinajstić information content (AvgIpc) is 3.12. The van der Waals surface area contributed by atoms with Crippen LogP contribution in [0.1, 0.15) is 26.9 Å². The lowest BCUT2D eigenvalue weighted by Crippen LogP contribution is -2.27. The fourth-order valence-corrected chi connectivity index (χ4v) is 4.92. The number of anilines is 1. The van der Waals surface area contributed by atoms with Crippen LogP contribution in [0.2, 0.25) is 5.02 Å². The van der Waals surface area contributed by atoms with Gasteiger partial charge in [0.2, 0.25) is 5.91 Å². The molecule has 1 fully saturated rings. The first kappa shape index (κ1) is 21.9. The molecule has 1 aliphatic heterocycles. The van der Waals surface area contributed by atoms with Crippen LogP contribution >= 0.6 is 39.3 Å². The molecule has 0 bridgehead atoms. The van der Waals surface area contributed by atoms with E-state index in [0.29, 0.717) is 27.4 Å². The highest BCUT2D eigenvalue weighted by molar-refractivity contribution is 9.10. The number of nitrogens with zero attached hydrogens (tertiary/aromatic N) is 1. The molecule has 0 aromatic heterocycles. The Bertz CT molecular complexity index is 1130. The van der Waals surface area contributed by atoms with Crippen molar-refractivity contribution in [2.75, 3.05) is 11.1 Å². The van der Waals surface area contributed by atoms with Crippen LogP contribution in [-0.4, -0.2) is 22.5 Å². The number of benzene rings is 3. The van der Waals surface area contributed by atoms with Crippen LogP contribution in [-0.2, 0) is 11.3 Å². The summed E-state index contributed by atoms with van der Waals surface area (Å²) >= 11 is 10.7. The minimum absolute atomic E-state index is 0.0671. The standard InChI is InChI=1S/C23H17BrClFN2O2S/c24-17-7-10-20(19(26)11-17)27-22(30)15-3-5-16(6-4-15)23-28(21(29)13-31-23)12-14-1-8-18(25)9-2-14/h1-11,23H,12-13H2,(H,27,30)/t23-/m1/s1. The molecule has 3 aromatic rings. The summed E-state index contributed by atoms with van der Waals surface area (Å²) in [6, 6.07) is 18.9. The monoisotopic (exact) mass is 518 g/mol. The van der Waals surface area contributed by atoms with Crippen LogP contribution in [0.3, 0.4) is 0 Å².